The Bertz CT molecular complexity index is 1030. The number of aryl methyl sites for hydroxylation is 2. The van der Waals surface area contributed by atoms with Gasteiger partial charge in [-0.1, -0.05) is 42.5 Å². The van der Waals surface area contributed by atoms with E-state index in [1.807, 2.05) is 6.92 Å². The smallest absolute Gasteiger partial charge is 0.303 e. The molecule has 1 N–H and O–H groups in total. The SMILES string of the molecule is Cc1nc2c(-c3ccc(C4=CCCCC4)cc3)cccc2n1CCCC(=O)O. The number of fused-ring (bicyclic) bond motifs is 1. The zero-order valence-corrected chi connectivity index (χ0v) is 16.3. The predicted octanol–water partition coefficient (Wildman–Crippen LogP) is 5.83. The van der Waals surface area contributed by atoms with Crippen molar-refractivity contribution in [2.24, 2.45) is 0 Å². The number of hydrogen-bond donors (Lipinski definition) is 1. The van der Waals surface area contributed by atoms with Gasteiger partial charge in [0.05, 0.1) is 11.0 Å². The molecule has 28 heavy (non-hydrogen) atoms. The van der Waals surface area contributed by atoms with Gasteiger partial charge < -0.3 is 9.67 Å². The van der Waals surface area contributed by atoms with E-state index < -0.39 is 5.97 Å². The molecule has 3 aromatic rings. The van der Waals surface area contributed by atoms with E-state index in [9.17, 15) is 4.79 Å². The van der Waals surface area contributed by atoms with Crippen LogP contribution in [0.2, 0.25) is 0 Å². The number of imidazole rings is 1. The third-order valence-electron chi connectivity index (χ3n) is 5.60. The predicted molar refractivity (Wildman–Crippen MR) is 113 cm³/mol. The molecule has 0 bridgehead atoms. The molecular weight excluding hydrogens is 348 g/mol. The standard InChI is InChI=1S/C24H26N2O2/c1-17-25-24-21(9-5-10-22(24)26(17)16-6-11-23(27)28)20-14-12-19(13-15-20)18-7-3-2-4-8-18/h5,7,9-10,12-15H,2-4,6,8,11,16H2,1H3,(H,27,28). The van der Waals surface area contributed by atoms with E-state index in [4.69, 9.17) is 10.1 Å². The van der Waals surface area contributed by atoms with E-state index in [2.05, 4.69) is 53.1 Å². The summed E-state index contributed by atoms with van der Waals surface area (Å²) in [5.74, 6) is 0.174. The van der Waals surface area contributed by atoms with Gasteiger partial charge in [-0.15, -0.1) is 0 Å². The number of aliphatic carboxylic acids is 1. The third-order valence-corrected chi connectivity index (χ3v) is 5.60. The van der Waals surface area contributed by atoms with Gasteiger partial charge in [0.25, 0.3) is 0 Å². The zero-order valence-electron chi connectivity index (χ0n) is 16.3. The van der Waals surface area contributed by atoms with Crippen LogP contribution in [-0.2, 0) is 11.3 Å². The second kappa shape index (κ2) is 8.01. The van der Waals surface area contributed by atoms with Crippen LogP contribution in [0.15, 0.2) is 48.5 Å². The number of rotatable bonds is 6. The van der Waals surface area contributed by atoms with Gasteiger partial charge in [0.2, 0.25) is 0 Å². The van der Waals surface area contributed by atoms with Crippen LogP contribution in [0.5, 0.6) is 0 Å². The van der Waals surface area contributed by atoms with E-state index in [0.29, 0.717) is 13.0 Å². The Hall–Kier alpha value is -2.88. The summed E-state index contributed by atoms with van der Waals surface area (Å²) in [4.78, 5) is 15.6. The van der Waals surface area contributed by atoms with Crippen molar-refractivity contribution in [3.05, 3.63) is 59.9 Å². The maximum atomic E-state index is 10.8. The first-order valence-corrected chi connectivity index (χ1v) is 10.1. The molecule has 1 aliphatic rings. The van der Waals surface area contributed by atoms with Crippen LogP contribution in [0.1, 0.15) is 49.9 Å². The summed E-state index contributed by atoms with van der Waals surface area (Å²) in [7, 11) is 0. The van der Waals surface area contributed by atoms with Gasteiger partial charge in [-0.05, 0) is 61.8 Å². The Morgan fingerprint density at radius 1 is 1.11 bits per heavy atom. The summed E-state index contributed by atoms with van der Waals surface area (Å²) >= 11 is 0. The first-order chi connectivity index (χ1) is 13.6. The molecule has 0 atom stereocenters. The lowest BCUT2D eigenvalue weighted by atomic mass is 9.92. The van der Waals surface area contributed by atoms with E-state index >= 15 is 0 Å². The fourth-order valence-electron chi connectivity index (χ4n) is 4.13. The van der Waals surface area contributed by atoms with Crippen molar-refractivity contribution >= 4 is 22.6 Å². The number of aromatic nitrogens is 2. The quantitative estimate of drug-likeness (QED) is 0.590. The Labute approximate surface area is 165 Å². The first kappa shape index (κ1) is 18.5. The minimum atomic E-state index is -0.754. The summed E-state index contributed by atoms with van der Waals surface area (Å²) in [6.07, 6.45) is 8.11. The average molecular weight is 374 g/mol. The van der Waals surface area contributed by atoms with Gasteiger partial charge in [-0.3, -0.25) is 4.79 Å². The number of allylic oxidation sites excluding steroid dienone is 2. The molecule has 0 radical (unpaired) electrons. The molecule has 1 aromatic heterocycles. The fraction of sp³-hybridized carbons (Fsp3) is 0.333. The fourth-order valence-corrected chi connectivity index (χ4v) is 4.13. The summed E-state index contributed by atoms with van der Waals surface area (Å²) in [6.45, 7) is 2.66. The largest absolute Gasteiger partial charge is 0.481 e. The summed E-state index contributed by atoms with van der Waals surface area (Å²) in [5, 5.41) is 8.91. The second-order valence-electron chi connectivity index (χ2n) is 7.53. The third kappa shape index (κ3) is 3.72. The van der Waals surface area contributed by atoms with E-state index in [1.54, 1.807) is 0 Å². The van der Waals surface area contributed by atoms with Crippen molar-refractivity contribution in [1.82, 2.24) is 9.55 Å². The highest BCUT2D eigenvalue weighted by Gasteiger charge is 2.13. The minimum Gasteiger partial charge on any atom is -0.481 e. The molecule has 4 nitrogen and oxygen atoms in total. The van der Waals surface area contributed by atoms with Gasteiger partial charge in [0, 0.05) is 18.5 Å². The van der Waals surface area contributed by atoms with Gasteiger partial charge in [0.15, 0.2) is 0 Å². The molecule has 4 rings (SSSR count). The Kier molecular flexibility index (Phi) is 5.29. The molecule has 4 heteroatoms. The zero-order chi connectivity index (χ0) is 19.5. The van der Waals surface area contributed by atoms with Crippen molar-refractivity contribution in [3.63, 3.8) is 0 Å². The summed E-state index contributed by atoms with van der Waals surface area (Å²) in [6, 6.07) is 15.1. The number of carboxylic acids is 1. The topological polar surface area (TPSA) is 55.1 Å². The molecule has 0 amide bonds. The highest BCUT2D eigenvalue weighted by Crippen LogP contribution is 2.32. The molecule has 2 aromatic carbocycles. The Morgan fingerprint density at radius 3 is 2.61 bits per heavy atom. The van der Waals surface area contributed by atoms with Crippen molar-refractivity contribution in [2.75, 3.05) is 0 Å². The molecule has 0 aliphatic heterocycles. The van der Waals surface area contributed by atoms with Crippen LogP contribution in [0.3, 0.4) is 0 Å². The van der Waals surface area contributed by atoms with Crippen LogP contribution < -0.4 is 0 Å². The molecule has 144 valence electrons. The summed E-state index contributed by atoms with van der Waals surface area (Å²) < 4.78 is 2.13. The molecule has 0 fully saturated rings. The van der Waals surface area contributed by atoms with Gasteiger partial charge in [0.1, 0.15) is 5.82 Å². The summed E-state index contributed by atoms with van der Waals surface area (Å²) in [5.41, 5.74) is 7.14. The van der Waals surface area contributed by atoms with E-state index in [1.165, 1.54) is 42.4 Å². The van der Waals surface area contributed by atoms with E-state index in [-0.39, 0.29) is 6.42 Å². The Balaban J connectivity index is 1.65. The van der Waals surface area contributed by atoms with Crippen LogP contribution in [0, 0.1) is 6.92 Å². The number of carbonyl (C=O) groups is 1. The van der Waals surface area contributed by atoms with Gasteiger partial charge in [-0.25, -0.2) is 4.98 Å². The molecule has 0 spiro atoms. The molecular formula is C24H26N2O2. The number of carboxylic acid groups (broad SMARTS) is 1. The van der Waals surface area contributed by atoms with Gasteiger partial charge in [-0.2, -0.15) is 0 Å². The van der Waals surface area contributed by atoms with Crippen molar-refractivity contribution in [3.8, 4) is 11.1 Å². The van der Waals surface area contributed by atoms with Crippen molar-refractivity contribution in [2.45, 2.75) is 52.0 Å². The van der Waals surface area contributed by atoms with Crippen LogP contribution >= 0.6 is 0 Å². The van der Waals surface area contributed by atoms with Crippen molar-refractivity contribution in [1.29, 1.82) is 0 Å². The first-order valence-electron chi connectivity index (χ1n) is 10.1. The molecule has 1 heterocycles. The lowest BCUT2D eigenvalue weighted by Gasteiger charge is -2.13. The lowest BCUT2D eigenvalue weighted by molar-refractivity contribution is -0.137. The lowest BCUT2D eigenvalue weighted by Crippen LogP contribution is -2.03. The monoisotopic (exact) mass is 374 g/mol. The van der Waals surface area contributed by atoms with Crippen LogP contribution in [-0.4, -0.2) is 20.6 Å². The second-order valence-corrected chi connectivity index (χ2v) is 7.53. The highest BCUT2D eigenvalue weighted by molar-refractivity contribution is 5.92. The van der Waals surface area contributed by atoms with Crippen LogP contribution in [0.25, 0.3) is 27.7 Å². The number of para-hydroxylation sites is 1. The number of benzene rings is 2. The average Bonchev–Trinajstić information content (AvgIpc) is 3.04. The normalized spacial score (nSPS) is 14.2. The van der Waals surface area contributed by atoms with Crippen LogP contribution in [0.4, 0.5) is 0 Å². The molecule has 0 unspecified atom stereocenters. The molecule has 0 saturated heterocycles. The van der Waals surface area contributed by atoms with E-state index in [0.717, 1.165) is 22.4 Å². The Morgan fingerprint density at radius 2 is 1.89 bits per heavy atom. The maximum absolute atomic E-state index is 10.8. The number of nitrogens with zero attached hydrogens (tertiary/aromatic N) is 2. The minimum absolute atomic E-state index is 0.177. The van der Waals surface area contributed by atoms with Gasteiger partial charge >= 0.3 is 5.97 Å². The highest BCUT2D eigenvalue weighted by atomic mass is 16.4. The van der Waals surface area contributed by atoms with Crippen molar-refractivity contribution < 1.29 is 9.90 Å². The molecule has 0 saturated carbocycles. The molecule has 1 aliphatic carbocycles. The number of hydrogen-bond acceptors (Lipinski definition) is 2. The maximum Gasteiger partial charge on any atom is 0.303 e.